The molecule has 2 amide bonds. The van der Waals surface area contributed by atoms with Gasteiger partial charge in [-0.3, -0.25) is 9.59 Å². The maximum atomic E-state index is 11.9. The third kappa shape index (κ3) is 2.48. The molecule has 1 aromatic rings. The quantitative estimate of drug-likeness (QED) is 0.823. The molecule has 6 heteroatoms. The molecule has 2 N–H and O–H groups in total. The number of carbonyl (C=O) groups excluding carboxylic acids is 2. The predicted octanol–water partition coefficient (Wildman–Crippen LogP) is 0.832. The third-order valence-electron chi connectivity index (χ3n) is 2.98. The molecular formula is C12H14BrN3O2. The van der Waals surface area contributed by atoms with Gasteiger partial charge >= 0.3 is 0 Å². The number of hydrogen-bond donors (Lipinski definition) is 1. The van der Waals surface area contributed by atoms with Crippen molar-refractivity contribution < 1.29 is 9.59 Å². The zero-order valence-electron chi connectivity index (χ0n) is 10.0. The van der Waals surface area contributed by atoms with Crippen molar-refractivity contribution in [2.75, 3.05) is 25.9 Å². The molecular weight excluding hydrogens is 298 g/mol. The first-order chi connectivity index (χ1) is 8.49. The van der Waals surface area contributed by atoms with Gasteiger partial charge in [-0.25, -0.2) is 0 Å². The fourth-order valence-electron chi connectivity index (χ4n) is 1.84. The van der Waals surface area contributed by atoms with Gasteiger partial charge in [-0.05, 0) is 12.1 Å². The van der Waals surface area contributed by atoms with E-state index in [9.17, 15) is 9.59 Å². The summed E-state index contributed by atoms with van der Waals surface area (Å²) in [6.45, 7) is 0.588. The van der Waals surface area contributed by atoms with Crippen molar-refractivity contribution in [2.45, 2.75) is 6.54 Å². The predicted molar refractivity (Wildman–Crippen MR) is 71.6 cm³/mol. The first-order valence-electron chi connectivity index (χ1n) is 5.53. The molecule has 5 nitrogen and oxygen atoms in total. The average molecular weight is 312 g/mol. The molecule has 96 valence electrons. The van der Waals surface area contributed by atoms with Gasteiger partial charge in [-0.1, -0.05) is 22.0 Å². The van der Waals surface area contributed by atoms with Crippen LogP contribution in [0.4, 0.5) is 5.69 Å². The second-order valence-corrected chi connectivity index (χ2v) is 5.16. The highest BCUT2D eigenvalue weighted by Crippen LogP contribution is 2.24. The Hall–Kier alpha value is -1.56. The van der Waals surface area contributed by atoms with E-state index < -0.39 is 0 Å². The van der Waals surface area contributed by atoms with Gasteiger partial charge in [-0.15, -0.1) is 0 Å². The van der Waals surface area contributed by atoms with Gasteiger partial charge in [0.25, 0.3) is 0 Å². The zero-order chi connectivity index (χ0) is 13.3. The van der Waals surface area contributed by atoms with Crippen molar-refractivity contribution in [3.63, 3.8) is 0 Å². The van der Waals surface area contributed by atoms with Gasteiger partial charge in [0.2, 0.25) is 11.8 Å². The van der Waals surface area contributed by atoms with Crippen LogP contribution in [-0.4, -0.2) is 41.8 Å². The number of nitrogen functional groups attached to an aromatic ring is 1. The standard InChI is InChI=1S/C12H14BrN3O2/c1-15-6-12(18)16(7-11(15)17)5-8-9(13)3-2-4-10(8)14/h2-4H,5-7,14H2,1H3. The molecule has 2 rings (SSSR count). The second-order valence-electron chi connectivity index (χ2n) is 4.31. The summed E-state index contributed by atoms with van der Waals surface area (Å²) < 4.78 is 0.849. The minimum atomic E-state index is -0.0627. The lowest BCUT2D eigenvalue weighted by molar-refractivity contribution is -0.149. The summed E-state index contributed by atoms with van der Waals surface area (Å²) in [6, 6.07) is 5.48. The number of hydrogen-bond acceptors (Lipinski definition) is 3. The Morgan fingerprint density at radius 3 is 2.67 bits per heavy atom. The highest BCUT2D eigenvalue weighted by Gasteiger charge is 2.28. The van der Waals surface area contributed by atoms with Gasteiger partial charge in [0.15, 0.2) is 0 Å². The Balaban J connectivity index is 2.19. The van der Waals surface area contributed by atoms with Crippen LogP contribution in [0.3, 0.4) is 0 Å². The SMILES string of the molecule is CN1CC(=O)N(Cc2c(N)cccc2Br)CC1=O. The van der Waals surface area contributed by atoms with E-state index in [2.05, 4.69) is 15.9 Å². The summed E-state index contributed by atoms with van der Waals surface area (Å²) in [7, 11) is 1.63. The Morgan fingerprint density at radius 1 is 1.28 bits per heavy atom. The zero-order valence-corrected chi connectivity index (χ0v) is 11.6. The first kappa shape index (κ1) is 12.9. The molecule has 0 radical (unpaired) electrons. The summed E-state index contributed by atoms with van der Waals surface area (Å²) in [5.41, 5.74) is 7.33. The van der Waals surface area contributed by atoms with E-state index in [0.717, 1.165) is 10.0 Å². The lowest BCUT2D eigenvalue weighted by Crippen LogP contribution is -2.51. The molecule has 1 aliphatic rings. The van der Waals surface area contributed by atoms with Gasteiger partial charge in [-0.2, -0.15) is 0 Å². The summed E-state index contributed by atoms with van der Waals surface area (Å²) in [5.74, 6) is -0.118. The molecule has 0 unspecified atom stereocenters. The summed E-state index contributed by atoms with van der Waals surface area (Å²) >= 11 is 3.41. The van der Waals surface area contributed by atoms with Crippen LogP contribution in [-0.2, 0) is 16.1 Å². The first-order valence-corrected chi connectivity index (χ1v) is 6.33. The number of rotatable bonds is 2. The van der Waals surface area contributed by atoms with Crippen LogP contribution in [0.5, 0.6) is 0 Å². The molecule has 0 saturated carbocycles. The molecule has 0 aromatic heterocycles. The number of likely N-dealkylation sites (N-methyl/N-ethyl adjacent to an activating group) is 1. The number of anilines is 1. The van der Waals surface area contributed by atoms with E-state index in [4.69, 9.17) is 5.73 Å². The smallest absolute Gasteiger partial charge is 0.242 e. The molecule has 0 spiro atoms. The highest BCUT2D eigenvalue weighted by atomic mass is 79.9. The van der Waals surface area contributed by atoms with E-state index in [1.807, 2.05) is 12.1 Å². The van der Waals surface area contributed by atoms with Gasteiger partial charge in [0.1, 0.15) is 6.54 Å². The fraction of sp³-hybridized carbons (Fsp3) is 0.333. The molecule has 1 aliphatic heterocycles. The lowest BCUT2D eigenvalue weighted by Gasteiger charge is -2.32. The molecule has 1 heterocycles. The highest BCUT2D eigenvalue weighted by molar-refractivity contribution is 9.10. The van der Waals surface area contributed by atoms with Crippen molar-refractivity contribution in [3.05, 3.63) is 28.2 Å². The van der Waals surface area contributed by atoms with Crippen molar-refractivity contribution in [1.29, 1.82) is 0 Å². The van der Waals surface area contributed by atoms with Gasteiger partial charge < -0.3 is 15.5 Å². The van der Waals surface area contributed by atoms with Crippen LogP contribution < -0.4 is 5.73 Å². The Kier molecular flexibility index (Phi) is 3.56. The van der Waals surface area contributed by atoms with Crippen LogP contribution in [0.1, 0.15) is 5.56 Å². The Bertz CT molecular complexity index is 484. The van der Waals surface area contributed by atoms with Gasteiger partial charge in [0.05, 0.1) is 6.54 Å². The summed E-state index contributed by atoms with van der Waals surface area (Å²) in [6.07, 6.45) is 0. The lowest BCUT2D eigenvalue weighted by atomic mass is 10.1. The molecule has 0 bridgehead atoms. The maximum absolute atomic E-state index is 11.9. The van der Waals surface area contributed by atoms with E-state index >= 15 is 0 Å². The fourth-order valence-corrected chi connectivity index (χ4v) is 2.35. The molecule has 1 saturated heterocycles. The number of amides is 2. The van der Waals surface area contributed by atoms with Crippen LogP contribution in [0.15, 0.2) is 22.7 Å². The average Bonchev–Trinajstić information content (AvgIpc) is 2.30. The molecule has 0 aliphatic carbocycles. The monoisotopic (exact) mass is 311 g/mol. The largest absolute Gasteiger partial charge is 0.398 e. The van der Waals surface area contributed by atoms with Crippen LogP contribution in [0.25, 0.3) is 0 Å². The topological polar surface area (TPSA) is 66.6 Å². The number of nitrogens with zero attached hydrogens (tertiary/aromatic N) is 2. The normalized spacial score (nSPS) is 16.3. The van der Waals surface area contributed by atoms with Crippen molar-refractivity contribution in [3.8, 4) is 0 Å². The number of carbonyl (C=O) groups is 2. The molecule has 1 aromatic carbocycles. The maximum Gasteiger partial charge on any atom is 0.242 e. The number of nitrogens with two attached hydrogens (primary N) is 1. The van der Waals surface area contributed by atoms with Crippen molar-refractivity contribution in [1.82, 2.24) is 9.80 Å². The molecule has 0 atom stereocenters. The van der Waals surface area contributed by atoms with E-state index in [1.54, 1.807) is 13.1 Å². The Labute approximate surface area is 114 Å². The minimum Gasteiger partial charge on any atom is -0.398 e. The Morgan fingerprint density at radius 2 is 2.00 bits per heavy atom. The van der Waals surface area contributed by atoms with Crippen LogP contribution in [0.2, 0.25) is 0 Å². The summed E-state index contributed by atoms with van der Waals surface area (Å²) in [4.78, 5) is 26.4. The van der Waals surface area contributed by atoms with E-state index in [1.165, 1.54) is 9.80 Å². The van der Waals surface area contributed by atoms with Crippen molar-refractivity contribution in [2.24, 2.45) is 0 Å². The van der Waals surface area contributed by atoms with Crippen LogP contribution in [0, 0.1) is 0 Å². The number of halogens is 1. The van der Waals surface area contributed by atoms with E-state index in [-0.39, 0.29) is 24.9 Å². The second kappa shape index (κ2) is 4.97. The van der Waals surface area contributed by atoms with Crippen molar-refractivity contribution >= 4 is 33.4 Å². The number of benzene rings is 1. The third-order valence-corrected chi connectivity index (χ3v) is 3.72. The van der Waals surface area contributed by atoms with Crippen LogP contribution >= 0.6 is 15.9 Å². The minimum absolute atomic E-state index is 0.0553. The number of piperazine rings is 1. The molecule has 1 fully saturated rings. The van der Waals surface area contributed by atoms with E-state index in [0.29, 0.717) is 12.2 Å². The van der Waals surface area contributed by atoms with Gasteiger partial charge in [0, 0.05) is 29.3 Å². The molecule has 18 heavy (non-hydrogen) atoms. The summed E-state index contributed by atoms with van der Waals surface area (Å²) in [5, 5.41) is 0.